The normalized spacial score (nSPS) is 14.4. The lowest BCUT2D eigenvalue weighted by molar-refractivity contribution is 0.436. The van der Waals surface area contributed by atoms with E-state index in [2.05, 4.69) is 254 Å². The fraction of sp³-hybridized carbons (Fsp3) is 0.0303. The minimum absolute atomic E-state index is 0.571. The van der Waals surface area contributed by atoms with E-state index in [0.29, 0.717) is 0 Å². The van der Waals surface area contributed by atoms with Crippen LogP contribution in [0, 0.1) is 0 Å². The van der Waals surface area contributed by atoms with Crippen molar-refractivity contribution in [3.05, 3.63) is 293 Å². The molecule has 0 radical (unpaired) electrons. The Bertz CT molecular complexity index is 3850. The number of para-hydroxylation sites is 3. The van der Waals surface area contributed by atoms with Crippen LogP contribution in [0.3, 0.4) is 0 Å². The molecule has 11 aromatic rings. The summed E-state index contributed by atoms with van der Waals surface area (Å²) < 4.78 is 6.78. The number of ether oxygens (including phenoxy) is 1. The Hall–Kier alpha value is -8.37. The molecule has 0 saturated heterocycles. The molecule has 322 valence electrons. The Morgan fingerprint density at radius 3 is 1.41 bits per heavy atom. The summed E-state index contributed by atoms with van der Waals surface area (Å²) >= 11 is 1.89. The number of hydrogen-bond donors (Lipinski definition) is 0. The molecule has 2 spiro atoms. The van der Waals surface area contributed by atoms with Gasteiger partial charge in [-0.05, 0) is 115 Å². The summed E-state index contributed by atoms with van der Waals surface area (Å²) in [5, 5.41) is 2.47. The van der Waals surface area contributed by atoms with E-state index in [1.807, 2.05) is 11.8 Å². The van der Waals surface area contributed by atoms with E-state index in [1.54, 1.807) is 0 Å². The molecule has 11 aromatic carbocycles. The summed E-state index contributed by atoms with van der Waals surface area (Å²) in [6, 6.07) is 92.5. The van der Waals surface area contributed by atoms with Crippen molar-refractivity contribution in [3.63, 3.8) is 0 Å². The summed E-state index contributed by atoms with van der Waals surface area (Å²) in [5.74, 6) is 1.77. The predicted molar refractivity (Wildman–Crippen MR) is 283 cm³/mol. The van der Waals surface area contributed by atoms with Crippen molar-refractivity contribution in [2.24, 2.45) is 0 Å². The van der Waals surface area contributed by atoms with Gasteiger partial charge >= 0.3 is 0 Å². The lowest BCUT2D eigenvalue weighted by Crippen LogP contribution is -2.32. The van der Waals surface area contributed by atoms with E-state index in [9.17, 15) is 0 Å². The second kappa shape index (κ2) is 14.6. The van der Waals surface area contributed by atoms with Crippen LogP contribution in [-0.2, 0) is 10.8 Å². The van der Waals surface area contributed by atoms with Crippen LogP contribution in [0.4, 0.5) is 17.1 Å². The van der Waals surface area contributed by atoms with Gasteiger partial charge in [0, 0.05) is 37.6 Å². The fourth-order valence-corrected chi connectivity index (χ4v) is 14.0. The third-order valence-corrected chi connectivity index (χ3v) is 16.5. The molecular formula is C66H41NOS. The standard InChI is InChI=1S/C66H41NOS/c1-2-20-42(21-3-1)45-24-7-13-33-56(45)67(57-34-18-31-53-63(57)46-25-6-8-26-48(46)65(53)49-27-9-14-36-59(49)68-60-37-15-10-28-50(60)65)58-35-19-32-54-64(58)47-40-43-22-4-5-23-44(43)41-55(47)66(54)51-29-11-16-38-61(51)69-62-39-17-12-30-52(62)66/h1-41H. The molecule has 0 fully saturated rings. The first-order valence-electron chi connectivity index (χ1n) is 23.8. The zero-order chi connectivity index (χ0) is 45.3. The van der Waals surface area contributed by atoms with Crippen LogP contribution >= 0.6 is 11.8 Å². The molecule has 0 aromatic heterocycles. The molecule has 69 heavy (non-hydrogen) atoms. The molecule has 15 rings (SSSR count). The molecule has 0 bridgehead atoms. The highest BCUT2D eigenvalue weighted by Gasteiger charge is 2.54. The van der Waals surface area contributed by atoms with Crippen molar-refractivity contribution in [1.82, 2.24) is 0 Å². The topological polar surface area (TPSA) is 12.5 Å². The van der Waals surface area contributed by atoms with E-state index in [-0.39, 0.29) is 0 Å². The van der Waals surface area contributed by atoms with Crippen LogP contribution in [0.1, 0.15) is 44.5 Å². The molecule has 0 unspecified atom stereocenters. The van der Waals surface area contributed by atoms with Crippen molar-refractivity contribution in [1.29, 1.82) is 0 Å². The molecule has 2 heterocycles. The summed E-state index contributed by atoms with van der Waals surface area (Å²) in [6.45, 7) is 0. The van der Waals surface area contributed by atoms with E-state index in [1.165, 1.54) is 76.2 Å². The van der Waals surface area contributed by atoms with E-state index < -0.39 is 10.8 Å². The fourth-order valence-electron chi connectivity index (χ4n) is 12.8. The van der Waals surface area contributed by atoms with Gasteiger partial charge in [-0.3, -0.25) is 0 Å². The highest BCUT2D eigenvalue weighted by molar-refractivity contribution is 7.99. The molecule has 4 aliphatic rings. The second-order valence-corrected chi connectivity index (χ2v) is 19.7. The first-order chi connectivity index (χ1) is 34.2. The van der Waals surface area contributed by atoms with Gasteiger partial charge in [-0.25, -0.2) is 0 Å². The summed E-state index contributed by atoms with van der Waals surface area (Å²) in [5.41, 5.74) is 19.5. The van der Waals surface area contributed by atoms with Crippen molar-refractivity contribution < 1.29 is 4.74 Å². The Morgan fingerprint density at radius 2 is 0.754 bits per heavy atom. The minimum Gasteiger partial charge on any atom is -0.457 e. The van der Waals surface area contributed by atoms with Gasteiger partial charge in [-0.1, -0.05) is 206 Å². The van der Waals surface area contributed by atoms with Gasteiger partial charge in [0.15, 0.2) is 0 Å². The molecule has 0 saturated carbocycles. The van der Waals surface area contributed by atoms with E-state index >= 15 is 0 Å². The number of rotatable bonds is 4. The maximum atomic E-state index is 6.78. The lowest BCUT2D eigenvalue weighted by atomic mass is 9.66. The van der Waals surface area contributed by atoms with Crippen LogP contribution in [0.15, 0.2) is 259 Å². The molecule has 2 aliphatic carbocycles. The predicted octanol–water partition coefficient (Wildman–Crippen LogP) is 17.3. The summed E-state index contributed by atoms with van der Waals surface area (Å²) in [6.07, 6.45) is 0. The van der Waals surface area contributed by atoms with Crippen molar-refractivity contribution in [2.75, 3.05) is 4.90 Å². The van der Waals surface area contributed by atoms with Gasteiger partial charge in [0.05, 0.1) is 27.9 Å². The third-order valence-electron chi connectivity index (χ3n) is 15.4. The average Bonchev–Trinajstić information content (AvgIpc) is 3.87. The highest BCUT2D eigenvalue weighted by Crippen LogP contribution is 2.67. The molecule has 2 nitrogen and oxygen atoms in total. The number of hydrogen-bond acceptors (Lipinski definition) is 3. The van der Waals surface area contributed by atoms with Crippen LogP contribution < -0.4 is 9.64 Å². The zero-order valence-corrected chi connectivity index (χ0v) is 38.3. The molecule has 3 heteroatoms. The van der Waals surface area contributed by atoms with Gasteiger partial charge in [-0.2, -0.15) is 0 Å². The van der Waals surface area contributed by atoms with E-state index in [0.717, 1.165) is 50.8 Å². The Labute approximate surface area is 405 Å². The lowest BCUT2D eigenvalue weighted by Gasteiger charge is -2.40. The molecular weight excluding hydrogens is 855 g/mol. The number of fused-ring (bicyclic) bond motifs is 19. The third kappa shape index (κ3) is 5.12. The monoisotopic (exact) mass is 895 g/mol. The number of anilines is 3. The Balaban J connectivity index is 1.10. The zero-order valence-electron chi connectivity index (χ0n) is 37.4. The largest absolute Gasteiger partial charge is 0.457 e. The van der Waals surface area contributed by atoms with Crippen molar-refractivity contribution in [2.45, 2.75) is 20.6 Å². The average molecular weight is 896 g/mol. The smallest absolute Gasteiger partial charge is 0.132 e. The van der Waals surface area contributed by atoms with Crippen molar-refractivity contribution in [3.8, 4) is 44.9 Å². The summed E-state index contributed by atoms with van der Waals surface area (Å²) in [4.78, 5) is 5.19. The van der Waals surface area contributed by atoms with Crippen LogP contribution in [0.2, 0.25) is 0 Å². The first kappa shape index (κ1) is 38.7. The molecule has 0 atom stereocenters. The summed E-state index contributed by atoms with van der Waals surface area (Å²) in [7, 11) is 0. The Morgan fingerprint density at radius 1 is 0.304 bits per heavy atom. The van der Waals surface area contributed by atoms with Gasteiger partial charge in [0.1, 0.15) is 11.5 Å². The van der Waals surface area contributed by atoms with Gasteiger partial charge < -0.3 is 9.64 Å². The van der Waals surface area contributed by atoms with Crippen LogP contribution in [0.25, 0.3) is 44.2 Å². The van der Waals surface area contributed by atoms with Crippen LogP contribution in [0.5, 0.6) is 11.5 Å². The van der Waals surface area contributed by atoms with Gasteiger partial charge in [0.2, 0.25) is 0 Å². The highest BCUT2D eigenvalue weighted by atomic mass is 32.2. The van der Waals surface area contributed by atoms with Crippen molar-refractivity contribution >= 4 is 39.6 Å². The van der Waals surface area contributed by atoms with Crippen LogP contribution in [-0.4, -0.2) is 0 Å². The SMILES string of the molecule is c1ccc(-c2ccccc2N(c2cccc3c2-c2ccccc2C32c3ccccc3Oc3ccccc32)c2cccc3c2-c2cc4ccccc4cc2C32c3ccccc3Sc3ccccc32)cc1. The maximum Gasteiger partial charge on any atom is 0.132 e. The minimum atomic E-state index is -0.626. The maximum absolute atomic E-state index is 6.78. The quantitative estimate of drug-likeness (QED) is 0.175. The molecule has 2 aliphatic heterocycles. The number of nitrogens with zero attached hydrogens (tertiary/aromatic N) is 1. The van der Waals surface area contributed by atoms with E-state index in [4.69, 9.17) is 4.74 Å². The Kier molecular flexibility index (Phi) is 8.17. The molecule has 0 amide bonds. The number of benzene rings is 11. The first-order valence-corrected chi connectivity index (χ1v) is 24.6. The van der Waals surface area contributed by atoms with Gasteiger partial charge in [-0.15, -0.1) is 0 Å². The second-order valence-electron chi connectivity index (χ2n) is 18.6. The van der Waals surface area contributed by atoms with Gasteiger partial charge in [0.25, 0.3) is 0 Å². The molecule has 0 N–H and O–H groups in total.